The van der Waals surface area contributed by atoms with Crippen LogP contribution in [0.4, 0.5) is 9.80 Å². The van der Waals surface area contributed by atoms with Crippen LogP contribution in [0.2, 0.25) is 0 Å². The fourth-order valence-corrected chi connectivity index (χ4v) is 5.31. The minimum absolute atomic E-state index is 0.0798. The van der Waals surface area contributed by atoms with Gasteiger partial charge in [-0.3, -0.25) is 10.1 Å². The third-order valence-electron chi connectivity index (χ3n) is 4.93. The van der Waals surface area contributed by atoms with Crippen LogP contribution < -0.4 is 5.32 Å². The van der Waals surface area contributed by atoms with Gasteiger partial charge in [0.15, 0.2) is 6.29 Å². The second kappa shape index (κ2) is 8.41. The lowest BCUT2D eigenvalue weighted by Crippen LogP contribution is -2.18. The monoisotopic (exact) mass is 485 g/mol. The van der Waals surface area contributed by atoms with E-state index in [2.05, 4.69) is 33.4 Å². The van der Waals surface area contributed by atoms with E-state index in [0.717, 1.165) is 33.6 Å². The molecule has 8 heteroatoms. The molecule has 1 aromatic heterocycles. The number of carbonyl (C=O) groups is 3. The molecule has 1 aliphatic carbocycles. The van der Waals surface area contributed by atoms with Crippen LogP contribution in [-0.2, 0) is 9.47 Å². The summed E-state index contributed by atoms with van der Waals surface area (Å²) >= 11 is 4.17. The number of rotatable bonds is 5. The number of carbonyl (C=O) groups excluding carboxylic acids is 3. The van der Waals surface area contributed by atoms with Crippen LogP contribution in [-0.4, -0.2) is 32.1 Å². The maximum Gasteiger partial charge on any atom is 0.412 e. The van der Waals surface area contributed by atoms with Gasteiger partial charge in [0.1, 0.15) is 17.2 Å². The van der Waals surface area contributed by atoms with Gasteiger partial charge in [-0.15, -0.1) is 11.3 Å². The molecule has 1 N–H and O–H groups in total. The maximum atomic E-state index is 12.5. The average Bonchev–Trinajstić information content (AvgIpc) is 3.26. The van der Waals surface area contributed by atoms with Crippen LogP contribution in [0.1, 0.15) is 37.1 Å². The molecule has 4 rings (SSSR count). The highest BCUT2D eigenvalue weighted by Gasteiger charge is 2.30. The van der Waals surface area contributed by atoms with E-state index in [0.29, 0.717) is 6.29 Å². The van der Waals surface area contributed by atoms with Gasteiger partial charge >= 0.3 is 12.1 Å². The summed E-state index contributed by atoms with van der Waals surface area (Å²) in [5.74, 6) is -0.746. The van der Waals surface area contributed by atoms with Crippen molar-refractivity contribution in [2.45, 2.75) is 5.92 Å². The Bertz CT molecular complexity index is 1110. The van der Waals surface area contributed by atoms with E-state index in [9.17, 15) is 14.4 Å². The van der Waals surface area contributed by atoms with Crippen LogP contribution >= 0.6 is 27.3 Å². The highest BCUT2D eigenvalue weighted by Crippen LogP contribution is 2.44. The fraction of sp³-hybridized carbons (Fsp3) is 0.136. The van der Waals surface area contributed by atoms with Crippen LogP contribution in [0.5, 0.6) is 0 Å². The molecular weight excluding hydrogens is 470 g/mol. The molecule has 0 aliphatic heterocycles. The van der Waals surface area contributed by atoms with Gasteiger partial charge in [0.25, 0.3) is 0 Å². The molecule has 152 valence electrons. The molecule has 0 unspecified atom stereocenters. The number of aldehydes is 1. The highest BCUT2D eigenvalue weighted by molar-refractivity contribution is 9.10. The third-order valence-corrected chi connectivity index (χ3v) is 7.05. The number of hydrogen-bond acceptors (Lipinski definition) is 6. The number of fused-ring (bicyclic) bond motifs is 3. The van der Waals surface area contributed by atoms with Crippen molar-refractivity contribution in [1.82, 2.24) is 0 Å². The summed E-state index contributed by atoms with van der Waals surface area (Å²) in [6.45, 7) is 0.139. The van der Waals surface area contributed by atoms with Crippen molar-refractivity contribution in [2.75, 3.05) is 19.0 Å². The molecule has 0 saturated heterocycles. The summed E-state index contributed by atoms with van der Waals surface area (Å²) in [5.41, 5.74) is 4.55. The van der Waals surface area contributed by atoms with Crippen molar-refractivity contribution in [3.8, 4) is 11.1 Å². The molecule has 1 amide bonds. The standard InChI is InChI=1S/C22H16BrNO5S/c1-28-21(26)18-19(23)17(10-25)30-20(18)24-22(27)29-11-16-14-8-4-2-6-12(14)13-7-3-5-9-15(13)16/h2-10,16H,11H2,1H3,(H,24,27). The minimum atomic E-state index is -0.715. The summed E-state index contributed by atoms with van der Waals surface area (Å²) in [6, 6.07) is 16.1. The minimum Gasteiger partial charge on any atom is -0.465 e. The number of halogens is 1. The number of nitrogens with one attached hydrogen (secondary N) is 1. The van der Waals surface area contributed by atoms with E-state index in [1.807, 2.05) is 36.4 Å². The van der Waals surface area contributed by atoms with E-state index >= 15 is 0 Å². The first kappa shape index (κ1) is 20.3. The highest BCUT2D eigenvalue weighted by atomic mass is 79.9. The average molecular weight is 486 g/mol. The zero-order valence-corrected chi connectivity index (χ0v) is 18.2. The van der Waals surface area contributed by atoms with Gasteiger partial charge in [0.05, 0.1) is 16.5 Å². The summed E-state index contributed by atoms with van der Waals surface area (Å²) in [4.78, 5) is 36.0. The molecule has 0 bridgehead atoms. The number of methoxy groups -OCH3 is 1. The van der Waals surface area contributed by atoms with Gasteiger partial charge in [-0.1, -0.05) is 48.5 Å². The van der Waals surface area contributed by atoms with Gasteiger partial charge in [-0.05, 0) is 38.2 Å². The van der Waals surface area contributed by atoms with Crippen LogP contribution in [0.3, 0.4) is 0 Å². The summed E-state index contributed by atoms with van der Waals surface area (Å²) < 4.78 is 10.5. The SMILES string of the molecule is COC(=O)c1c(NC(=O)OCC2c3ccccc3-c3ccccc32)sc(C=O)c1Br. The Morgan fingerprint density at radius 1 is 1.10 bits per heavy atom. The molecule has 30 heavy (non-hydrogen) atoms. The second-order valence-corrected chi connectivity index (χ2v) is 8.39. The lowest BCUT2D eigenvalue weighted by atomic mass is 9.98. The molecule has 0 spiro atoms. The van der Waals surface area contributed by atoms with Crippen molar-refractivity contribution in [3.05, 3.63) is 74.6 Å². The Hall–Kier alpha value is -2.97. The predicted octanol–water partition coefficient (Wildman–Crippen LogP) is 5.47. The molecule has 3 aromatic rings. The first-order chi connectivity index (χ1) is 14.5. The van der Waals surface area contributed by atoms with Crippen molar-refractivity contribution in [2.24, 2.45) is 0 Å². The quantitative estimate of drug-likeness (QED) is 0.382. The fourth-order valence-electron chi connectivity index (χ4n) is 3.60. The first-order valence-corrected chi connectivity index (χ1v) is 10.6. The van der Waals surface area contributed by atoms with Gasteiger partial charge in [-0.2, -0.15) is 0 Å². The molecule has 0 radical (unpaired) electrons. The molecule has 0 saturated carbocycles. The van der Waals surface area contributed by atoms with Gasteiger partial charge in [0, 0.05) is 5.92 Å². The maximum absolute atomic E-state index is 12.5. The normalized spacial score (nSPS) is 12.1. The van der Waals surface area contributed by atoms with E-state index in [1.165, 1.54) is 7.11 Å². The van der Waals surface area contributed by atoms with E-state index < -0.39 is 12.1 Å². The number of ether oxygens (including phenoxy) is 2. The molecule has 0 atom stereocenters. The first-order valence-electron chi connectivity index (χ1n) is 9.03. The molecule has 6 nitrogen and oxygen atoms in total. The van der Waals surface area contributed by atoms with Crippen molar-refractivity contribution in [3.63, 3.8) is 0 Å². The lowest BCUT2D eigenvalue weighted by molar-refractivity contribution is 0.0601. The zero-order valence-electron chi connectivity index (χ0n) is 15.8. The molecular formula is C22H16BrNO5S. The van der Waals surface area contributed by atoms with Gasteiger partial charge in [0.2, 0.25) is 0 Å². The van der Waals surface area contributed by atoms with Gasteiger partial charge < -0.3 is 9.47 Å². The number of esters is 1. The summed E-state index contributed by atoms with van der Waals surface area (Å²) in [5, 5.41) is 2.75. The smallest absolute Gasteiger partial charge is 0.412 e. The lowest BCUT2D eigenvalue weighted by Gasteiger charge is -2.14. The Morgan fingerprint density at radius 2 is 1.70 bits per heavy atom. The van der Waals surface area contributed by atoms with Crippen LogP contribution in [0, 0.1) is 0 Å². The van der Waals surface area contributed by atoms with Gasteiger partial charge in [-0.25, -0.2) is 9.59 Å². The van der Waals surface area contributed by atoms with Crippen molar-refractivity contribution < 1.29 is 23.9 Å². The largest absolute Gasteiger partial charge is 0.465 e. The zero-order chi connectivity index (χ0) is 21.3. The Balaban J connectivity index is 1.53. The number of benzene rings is 2. The number of thiophene rings is 1. The summed E-state index contributed by atoms with van der Waals surface area (Å²) in [7, 11) is 1.23. The number of anilines is 1. The summed E-state index contributed by atoms with van der Waals surface area (Å²) in [6.07, 6.45) is -0.113. The Kier molecular flexibility index (Phi) is 5.69. The van der Waals surface area contributed by atoms with Crippen LogP contribution in [0.25, 0.3) is 11.1 Å². The molecule has 0 fully saturated rings. The number of amides is 1. The molecule has 2 aromatic carbocycles. The molecule has 1 aliphatic rings. The molecule has 1 heterocycles. The second-order valence-electron chi connectivity index (χ2n) is 6.54. The van der Waals surface area contributed by atoms with E-state index in [-0.39, 0.29) is 32.4 Å². The van der Waals surface area contributed by atoms with Crippen LogP contribution in [0.15, 0.2) is 53.0 Å². The van der Waals surface area contributed by atoms with E-state index in [1.54, 1.807) is 0 Å². The number of hydrogen-bond donors (Lipinski definition) is 1. The predicted molar refractivity (Wildman–Crippen MR) is 117 cm³/mol. The van der Waals surface area contributed by atoms with Crippen molar-refractivity contribution >= 4 is 50.6 Å². The topological polar surface area (TPSA) is 81.7 Å². The van der Waals surface area contributed by atoms with E-state index in [4.69, 9.17) is 9.47 Å². The third kappa shape index (κ3) is 3.53. The van der Waals surface area contributed by atoms with Crippen molar-refractivity contribution in [1.29, 1.82) is 0 Å². The Morgan fingerprint density at radius 3 is 2.27 bits per heavy atom. The Labute approximate surface area is 184 Å².